The Morgan fingerprint density at radius 1 is 1.32 bits per heavy atom. The molecule has 19 heavy (non-hydrogen) atoms. The predicted molar refractivity (Wildman–Crippen MR) is 85.1 cm³/mol. The molecule has 0 aliphatic rings. The fraction of sp³-hybridized carbons (Fsp3) is 0. The number of fused-ring (bicyclic) bond motifs is 1. The normalized spacial score (nSPS) is 11.7. The minimum atomic E-state index is -0.294. The first kappa shape index (κ1) is 12.7. The van der Waals surface area contributed by atoms with Gasteiger partial charge in [0.1, 0.15) is 5.52 Å². The third-order valence-corrected chi connectivity index (χ3v) is 4.77. The maximum absolute atomic E-state index is 14.7. The molecule has 2 aromatic heterocycles. The van der Waals surface area contributed by atoms with Crippen LogP contribution in [0.5, 0.6) is 0 Å². The summed E-state index contributed by atoms with van der Waals surface area (Å²) in [4.78, 5) is 3.94. The molecule has 96 valence electrons. The summed E-state index contributed by atoms with van der Waals surface area (Å²) in [6.07, 6.45) is 5.19. The third kappa shape index (κ3) is 2.08. The van der Waals surface area contributed by atoms with Gasteiger partial charge in [0, 0.05) is 29.0 Å². The van der Waals surface area contributed by atoms with Crippen LogP contribution in [-0.2, 0) is 0 Å². The van der Waals surface area contributed by atoms with Crippen LogP contribution >= 0.6 is 28.4 Å². The average Bonchev–Trinajstić information content (AvgIpc) is 2.88. The predicted octanol–water partition coefficient (Wildman–Crippen LogP) is 3.61. The van der Waals surface area contributed by atoms with E-state index in [9.17, 15) is 4.39 Å². The van der Waals surface area contributed by atoms with Gasteiger partial charge in [-0.15, -0.1) is 0 Å². The quantitative estimate of drug-likeness (QED) is 0.416. The summed E-state index contributed by atoms with van der Waals surface area (Å²) in [6.45, 7) is 0. The fourth-order valence-electron chi connectivity index (χ4n) is 2.00. The van der Waals surface area contributed by atoms with Gasteiger partial charge in [-0.25, -0.2) is 8.84 Å². The molecule has 2 heterocycles. The van der Waals surface area contributed by atoms with E-state index in [1.165, 1.54) is 0 Å². The van der Waals surface area contributed by atoms with Gasteiger partial charge in [-0.3, -0.25) is 4.98 Å². The number of nitrogens with two attached hydrogens (primary N) is 1. The third-order valence-electron chi connectivity index (χ3n) is 2.90. The van der Waals surface area contributed by atoms with Gasteiger partial charge in [0.05, 0.1) is 12.6 Å². The van der Waals surface area contributed by atoms with Gasteiger partial charge in [0.25, 0.3) is 0 Å². The Balaban J connectivity index is 2.35. The van der Waals surface area contributed by atoms with Crippen molar-refractivity contribution >= 4 is 45.0 Å². The number of benzene rings is 1. The summed E-state index contributed by atoms with van der Waals surface area (Å²) in [5, 5.41) is 4.81. The number of anilines is 1. The first-order chi connectivity index (χ1) is 9.22. The van der Waals surface area contributed by atoms with Crippen LogP contribution in [0, 0.1) is 5.82 Å². The maximum atomic E-state index is 14.7. The van der Waals surface area contributed by atoms with E-state index in [1.54, 1.807) is 41.2 Å². The van der Waals surface area contributed by atoms with Crippen molar-refractivity contribution in [3.05, 3.63) is 42.6 Å². The summed E-state index contributed by atoms with van der Waals surface area (Å²) in [6, 6.07) is 5.17. The summed E-state index contributed by atoms with van der Waals surface area (Å²) >= 11 is 2.16. The fourth-order valence-corrected chi connectivity index (χ4v) is 3.50. The molecule has 7 heteroatoms. The molecule has 2 N–H and O–H groups in total. The zero-order chi connectivity index (χ0) is 13.4. The molecule has 0 fully saturated rings. The number of hydrogen-bond donors (Lipinski definition) is 1. The van der Waals surface area contributed by atoms with E-state index < -0.39 is 0 Å². The highest BCUT2D eigenvalue weighted by atomic mass is 127. The Morgan fingerprint density at radius 3 is 2.74 bits per heavy atom. The largest absolute Gasteiger partial charge is 0.398 e. The lowest BCUT2D eigenvalue weighted by Gasteiger charge is -2.08. The molecule has 0 spiro atoms. The molecule has 3 rings (SSSR count). The molecule has 0 radical (unpaired) electrons. The maximum Gasteiger partial charge on any atom is 0.157 e. The Bertz CT molecular complexity index is 744. The van der Waals surface area contributed by atoms with Gasteiger partial charge in [0.2, 0.25) is 0 Å². The topological polar surface area (TPSA) is 56.7 Å². The molecule has 0 saturated heterocycles. The Kier molecular flexibility index (Phi) is 3.36. The highest BCUT2D eigenvalue weighted by Crippen LogP contribution is 2.36. The van der Waals surface area contributed by atoms with Crippen LogP contribution in [0.25, 0.3) is 22.0 Å². The van der Waals surface area contributed by atoms with Gasteiger partial charge in [0.15, 0.2) is 5.82 Å². The first-order valence-electron chi connectivity index (χ1n) is 5.45. The van der Waals surface area contributed by atoms with E-state index in [4.69, 9.17) is 5.73 Å². The Hall–Kier alpha value is -1.27. The lowest BCUT2D eigenvalue weighted by atomic mass is 10.0. The van der Waals surface area contributed by atoms with E-state index in [0.717, 1.165) is 5.56 Å². The monoisotopic (exact) mass is 386 g/mol. The van der Waals surface area contributed by atoms with Crippen molar-refractivity contribution in [2.24, 2.45) is 0 Å². The van der Waals surface area contributed by atoms with Crippen LogP contribution in [0.1, 0.15) is 0 Å². The van der Waals surface area contributed by atoms with Crippen LogP contribution in [0.4, 0.5) is 10.1 Å². The number of hydrogen-bond acceptors (Lipinski definition) is 3. The Morgan fingerprint density at radius 2 is 2.05 bits per heavy atom. The number of rotatable bonds is 2. The van der Waals surface area contributed by atoms with Crippen molar-refractivity contribution < 1.29 is 4.39 Å². The summed E-state index contributed by atoms with van der Waals surface area (Å²) < 4.78 is 16.3. The van der Waals surface area contributed by atoms with Crippen LogP contribution in [0.3, 0.4) is 0 Å². The average molecular weight is 386 g/mol. The van der Waals surface area contributed by atoms with Gasteiger partial charge >= 0.3 is 0 Å². The number of halogens is 2. The smallest absolute Gasteiger partial charge is 0.157 e. The van der Waals surface area contributed by atoms with Gasteiger partial charge in [-0.05, 0) is 45.8 Å². The van der Waals surface area contributed by atoms with Gasteiger partial charge < -0.3 is 5.73 Å². The molecule has 0 saturated carbocycles. The van der Waals surface area contributed by atoms with E-state index >= 15 is 0 Å². The highest BCUT2D eigenvalue weighted by Gasteiger charge is 2.16. The van der Waals surface area contributed by atoms with E-state index in [2.05, 4.69) is 32.1 Å². The minimum Gasteiger partial charge on any atom is -0.398 e. The lowest BCUT2D eigenvalue weighted by molar-refractivity contribution is 0.638. The van der Waals surface area contributed by atoms with E-state index in [1.807, 2.05) is 0 Å². The number of aromatic nitrogens is 3. The van der Waals surface area contributed by atoms with Gasteiger partial charge in [-0.2, -0.15) is 5.10 Å². The van der Waals surface area contributed by atoms with Crippen molar-refractivity contribution in [1.29, 1.82) is 0 Å². The van der Waals surface area contributed by atoms with Crippen LogP contribution in [0.15, 0.2) is 36.8 Å². The van der Waals surface area contributed by atoms with Crippen molar-refractivity contribution in [3.8, 4) is 11.1 Å². The lowest BCUT2D eigenvalue weighted by Crippen LogP contribution is -1.95. The molecule has 1 unspecified atom stereocenters. The van der Waals surface area contributed by atoms with Crippen LogP contribution in [0.2, 0.25) is 0 Å². The summed E-state index contributed by atoms with van der Waals surface area (Å²) in [5.41, 5.74) is 8.22. The van der Waals surface area contributed by atoms with Crippen LogP contribution < -0.4 is 5.73 Å². The standard InChI is InChI=1S/C12H9FIN4P/c13-11-8(7-1-3-16-4-2-7)5-10(15)9-6-17-18(19-14)12(9)11/h1-6,19H,15H2. The molecular formula is C12H9FIN4P. The molecule has 3 aromatic rings. The molecule has 0 amide bonds. The first-order valence-corrected chi connectivity index (χ1v) is 9.51. The molecular weight excluding hydrogens is 377 g/mol. The summed E-state index contributed by atoms with van der Waals surface area (Å²) in [7, 11) is 0. The number of pyridine rings is 1. The van der Waals surface area contributed by atoms with E-state index in [0.29, 0.717) is 28.5 Å². The second kappa shape index (κ2) is 5.02. The SMILES string of the molecule is Nc1cc(-c2ccncc2)c(F)c2c1cnn2PI. The van der Waals surface area contributed by atoms with E-state index in [-0.39, 0.29) is 5.82 Å². The Labute approximate surface area is 123 Å². The molecule has 0 bridgehead atoms. The zero-order valence-electron chi connectivity index (χ0n) is 9.64. The molecule has 1 aromatic carbocycles. The van der Waals surface area contributed by atoms with Crippen molar-refractivity contribution in [1.82, 2.24) is 14.5 Å². The number of nitrogens with zero attached hydrogens (tertiary/aromatic N) is 3. The number of nitrogen functional groups attached to an aromatic ring is 1. The molecule has 0 aliphatic heterocycles. The molecule has 0 aliphatic carbocycles. The van der Waals surface area contributed by atoms with Crippen molar-refractivity contribution in [2.45, 2.75) is 0 Å². The minimum absolute atomic E-state index is 0.294. The second-order valence-electron chi connectivity index (χ2n) is 3.97. The summed E-state index contributed by atoms with van der Waals surface area (Å²) in [5.74, 6) is -0.294. The zero-order valence-corrected chi connectivity index (χ0v) is 12.8. The highest BCUT2D eigenvalue weighted by molar-refractivity contribution is 14.2. The molecule has 1 atom stereocenters. The van der Waals surface area contributed by atoms with Crippen LogP contribution in [-0.4, -0.2) is 14.5 Å². The van der Waals surface area contributed by atoms with Crippen molar-refractivity contribution in [3.63, 3.8) is 0 Å². The molecule has 4 nitrogen and oxygen atoms in total. The van der Waals surface area contributed by atoms with Gasteiger partial charge in [-0.1, -0.05) is 0 Å². The second-order valence-corrected chi connectivity index (χ2v) is 6.01. The van der Waals surface area contributed by atoms with Crippen molar-refractivity contribution in [2.75, 3.05) is 5.73 Å².